The maximum atomic E-state index is 11.1. The van der Waals surface area contributed by atoms with Crippen LogP contribution in [-0.4, -0.2) is 30.3 Å². The number of fused-ring (bicyclic) bond motifs is 1. The summed E-state index contributed by atoms with van der Waals surface area (Å²) in [6, 6.07) is 2.46. The standard InChI is InChI=1S/C11H13N3O5/c1-6(15)18-2-3-19-10-5-8-7(4-9(10)16)12-11(17)14-13-8/h4-5,13,16H,2-3H2,1H3,(H2,12,14,17). The van der Waals surface area contributed by atoms with Crippen LogP contribution in [0.15, 0.2) is 12.1 Å². The predicted molar refractivity (Wildman–Crippen MR) is 66.0 cm³/mol. The molecule has 0 aliphatic carbocycles. The van der Waals surface area contributed by atoms with Crippen molar-refractivity contribution in [3.63, 3.8) is 0 Å². The minimum atomic E-state index is -0.421. The van der Waals surface area contributed by atoms with Crippen molar-refractivity contribution in [2.75, 3.05) is 24.0 Å². The van der Waals surface area contributed by atoms with Gasteiger partial charge in [0.05, 0.1) is 11.4 Å². The number of carbonyl (C=O) groups is 2. The molecule has 8 nitrogen and oxygen atoms in total. The second-order valence-electron chi connectivity index (χ2n) is 3.76. The molecule has 2 amide bonds. The molecule has 1 aromatic rings. The van der Waals surface area contributed by atoms with E-state index in [2.05, 4.69) is 16.2 Å². The van der Waals surface area contributed by atoms with Gasteiger partial charge in [-0.3, -0.25) is 15.6 Å². The van der Waals surface area contributed by atoms with Crippen molar-refractivity contribution < 1.29 is 24.2 Å². The molecule has 0 saturated heterocycles. The van der Waals surface area contributed by atoms with Crippen molar-refractivity contribution in [2.45, 2.75) is 6.92 Å². The van der Waals surface area contributed by atoms with Crippen LogP contribution >= 0.6 is 0 Å². The highest BCUT2D eigenvalue weighted by Gasteiger charge is 2.16. The van der Waals surface area contributed by atoms with Gasteiger partial charge in [-0.1, -0.05) is 0 Å². The van der Waals surface area contributed by atoms with Crippen molar-refractivity contribution >= 4 is 23.4 Å². The molecular weight excluding hydrogens is 254 g/mol. The molecule has 0 unspecified atom stereocenters. The Hall–Kier alpha value is -2.64. The largest absolute Gasteiger partial charge is 0.504 e. The Morgan fingerprint density at radius 3 is 2.79 bits per heavy atom. The summed E-state index contributed by atoms with van der Waals surface area (Å²) < 4.78 is 9.97. The second kappa shape index (κ2) is 5.34. The third kappa shape index (κ3) is 3.18. The molecule has 0 saturated carbocycles. The van der Waals surface area contributed by atoms with E-state index in [-0.39, 0.29) is 24.7 Å². The first-order valence-electron chi connectivity index (χ1n) is 5.52. The number of aromatic hydroxyl groups is 1. The van der Waals surface area contributed by atoms with Gasteiger partial charge in [0.2, 0.25) is 0 Å². The van der Waals surface area contributed by atoms with Crippen molar-refractivity contribution in [1.82, 2.24) is 5.43 Å². The van der Waals surface area contributed by atoms with Crippen molar-refractivity contribution in [2.24, 2.45) is 0 Å². The smallest absolute Gasteiger partial charge is 0.337 e. The molecule has 8 heteroatoms. The Kier molecular flexibility index (Phi) is 3.60. The van der Waals surface area contributed by atoms with E-state index in [0.29, 0.717) is 11.4 Å². The summed E-state index contributed by atoms with van der Waals surface area (Å²) in [7, 11) is 0. The summed E-state index contributed by atoms with van der Waals surface area (Å²) in [6.45, 7) is 1.51. The molecule has 2 rings (SSSR count). The maximum absolute atomic E-state index is 11.1. The van der Waals surface area contributed by atoms with Crippen LogP contribution in [0.25, 0.3) is 0 Å². The zero-order chi connectivity index (χ0) is 13.8. The van der Waals surface area contributed by atoms with Crippen LogP contribution in [0.3, 0.4) is 0 Å². The summed E-state index contributed by atoms with van der Waals surface area (Å²) >= 11 is 0. The van der Waals surface area contributed by atoms with Gasteiger partial charge in [0.1, 0.15) is 13.2 Å². The van der Waals surface area contributed by atoms with E-state index in [1.54, 1.807) is 0 Å². The van der Waals surface area contributed by atoms with E-state index in [4.69, 9.17) is 9.47 Å². The zero-order valence-electron chi connectivity index (χ0n) is 10.1. The Morgan fingerprint density at radius 1 is 1.26 bits per heavy atom. The van der Waals surface area contributed by atoms with Gasteiger partial charge in [0, 0.05) is 19.1 Å². The highest BCUT2D eigenvalue weighted by Crippen LogP contribution is 2.36. The molecule has 1 aromatic carbocycles. The summed E-state index contributed by atoms with van der Waals surface area (Å²) in [6.07, 6.45) is 0. The number of amides is 2. The number of urea groups is 1. The van der Waals surface area contributed by atoms with Gasteiger partial charge in [0.25, 0.3) is 0 Å². The lowest BCUT2D eigenvalue weighted by atomic mass is 10.2. The van der Waals surface area contributed by atoms with Gasteiger partial charge in [0.15, 0.2) is 11.5 Å². The number of phenols is 1. The van der Waals surface area contributed by atoms with Gasteiger partial charge in [-0.15, -0.1) is 0 Å². The van der Waals surface area contributed by atoms with E-state index in [0.717, 1.165) is 0 Å². The number of hydrogen-bond acceptors (Lipinski definition) is 6. The molecule has 1 aliphatic rings. The van der Waals surface area contributed by atoms with Crippen LogP contribution < -0.4 is 20.9 Å². The number of phenolic OH excluding ortho intramolecular Hbond substituents is 1. The number of rotatable bonds is 4. The molecule has 1 aliphatic heterocycles. The summed E-state index contributed by atoms with van der Waals surface area (Å²) in [5.41, 5.74) is 6.00. The molecule has 0 atom stereocenters. The van der Waals surface area contributed by atoms with Gasteiger partial charge < -0.3 is 19.9 Å². The fourth-order valence-corrected chi connectivity index (χ4v) is 1.51. The highest BCUT2D eigenvalue weighted by molar-refractivity contribution is 5.97. The Balaban J connectivity index is 2.01. The summed E-state index contributed by atoms with van der Waals surface area (Å²) in [4.78, 5) is 21.6. The highest BCUT2D eigenvalue weighted by atomic mass is 16.6. The minimum Gasteiger partial charge on any atom is -0.504 e. The fraction of sp³-hybridized carbons (Fsp3) is 0.273. The average molecular weight is 267 g/mol. The monoisotopic (exact) mass is 267 g/mol. The normalized spacial score (nSPS) is 12.6. The van der Waals surface area contributed by atoms with Crippen LogP contribution in [-0.2, 0) is 9.53 Å². The molecular formula is C11H13N3O5. The van der Waals surface area contributed by atoms with Crippen LogP contribution in [0.4, 0.5) is 16.2 Å². The third-order valence-corrected chi connectivity index (χ3v) is 2.30. The Labute approximate surface area is 108 Å². The van der Waals surface area contributed by atoms with Crippen molar-refractivity contribution in [3.05, 3.63) is 12.1 Å². The number of hydrogen-bond donors (Lipinski definition) is 4. The van der Waals surface area contributed by atoms with Crippen LogP contribution in [0, 0.1) is 0 Å². The summed E-state index contributed by atoms with van der Waals surface area (Å²) in [5.74, 6) is -0.297. The number of carbonyl (C=O) groups excluding carboxylic acids is 2. The first kappa shape index (κ1) is 12.8. The molecule has 19 heavy (non-hydrogen) atoms. The topological polar surface area (TPSA) is 109 Å². The first-order valence-corrected chi connectivity index (χ1v) is 5.52. The molecule has 102 valence electrons. The van der Waals surface area contributed by atoms with E-state index in [9.17, 15) is 14.7 Å². The SMILES string of the molecule is CC(=O)OCCOc1cc2c(cc1O)NC(=O)NN2. The van der Waals surface area contributed by atoms with Gasteiger partial charge in [-0.2, -0.15) is 0 Å². The van der Waals surface area contributed by atoms with E-state index >= 15 is 0 Å². The van der Waals surface area contributed by atoms with Gasteiger partial charge in [-0.05, 0) is 0 Å². The predicted octanol–water partition coefficient (Wildman–Crippen LogP) is 0.796. The van der Waals surface area contributed by atoms with Crippen LogP contribution in [0.5, 0.6) is 11.5 Å². The average Bonchev–Trinajstić information content (AvgIpc) is 2.34. The molecule has 0 fully saturated rings. The number of ether oxygens (including phenoxy) is 2. The minimum absolute atomic E-state index is 0.0915. The molecule has 1 heterocycles. The van der Waals surface area contributed by atoms with Crippen molar-refractivity contribution in [3.8, 4) is 11.5 Å². The molecule has 0 aromatic heterocycles. The Bertz CT molecular complexity index is 517. The summed E-state index contributed by atoms with van der Waals surface area (Å²) in [5, 5.41) is 12.2. The molecule has 0 radical (unpaired) electrons. The number of benzene rings is 1. The molecule has 4 N–H and O–H groups in total. The van der Waals surface area contributed by atoms with Crippen molar-refractivity contribution in [1.29, 1.82) is 0 Å². The van der Waals surface area contributed by atoms with E-state index in [1.807, 2.05) is 0 Å². The Morgan fingerprint density at radius 2 is 2.05 bits per heavy atom. The van der Waals surface area contributed by atoms with E-state index in [1.165, 1.54) is 19.1 Å². The molecule has 0 spiro atoms. The number of hydrazine groups is 1. The fourth-order valence-electron chi connectivity index (χ4n) is 1.51. The molecule has 0 bridgehead atoms. The lowest BCUT2D eigenvalue weighted by Crippen LogP contribution is -2.38. The number of esters is 1. The zero-order valence-corrected chi connectivity index (χ0v) is 10.1. The number of anilines is 2. The van der Waals surface area contributed by atoms with E-state index < -0.39 is 12.0 Å². The lowest BCUT2D eigenvalue weighted by molar-refractivity contribution is -0.141. The maximum Gasteiger partial charge on any atom is 0.337 e. The van der Waals surface area contributed by atoms with Gasteiger partial charge in [-0.25, -0.2) is 4.79 Å². The quantitative estimate of drug-likeness (QED) is 0.365. The third-order valence-electron chi connectivity index (χ3n) is 2.30. The lowest BCUT2D eigenvalue weighted by Gasteiger charge is -2.21. The number of nitrogens with one attached hydrogen (secondary N) is 3. The van der Waals surface area contributed by atoms with Crippen LogP contribution in [0.2, 0.25) is 0 Å². The second-order valence-corrected chi connectivity index (χ2v) is 3.76. The van der Waals surface area contributed by atoms with Crippen LogP contribution in [0.1, 0.15) is 6.92 Å². The first-order chi connectivity index (χ1) is 9.06. The van der Waals surface area contributed by atoms with Gasteiger partial charge >= 0.3 is 12.0 Å².